The first kappa shape index (κ1) is 12.5. The van der Waals surface area contributed by atoms with Crippen LogP contribution in [0.25, 0.3) is 0 Å². The first-order chi connectivity index (χ1) is 6.90. The van der Waals surface area contributed by atoms with Crippen LogP contribution in [0.4, 0.5) is 8.78 Å². The van der Waals surface area contributed by atoms with E-state index in [0.29, 0.717) is 0 Å². The topological polar surface area (TPSA) is 46.2 Å². The predicted molar refractivity (Wildman–Crippen MR) is 57.3 cm³/mol. The molecule has 1 aromatic carbocycles. The van der Waals surface area contributed by atoms with Gasteiger partial charge in [-0.15, -0.1) is 0 Å². The van der Waals surface area contributed by atoms with Crippen LogP contribution in [0.1, 0.15) is 18.9 Å². The van der Waals surface area contributed by atoms with Gasteiger partial charge in [-0.3, -0.25) is 0 Å². The van der Waals surface area contributed by atoms with Gasteiger partial charge in [-0.25, -0.2) is 8.78 Å². The lowest BCUT2D eigenvalue weighted by atomic mass is 9.91. The summed E-state index contributed by atoms with van der Waals surface area (Å²) in [7, 11) is 0. The third-order valence-corrected chi connectivity index (χ3v) is 2.83. The summed E-state index contributed by atoms with van der Waals surface area (Å²) in [4.78, 5) is 0. The lowest BCUT2D eigenvalue weighted by Crippen LogP contribution is -2.27. The van der Waals surface area contributed by atoms with Crippen molar-refractivity contribution >= 4 is 15.9 Å². The molecule has 0 saturated carbocycles. The smallest absolute Gasteiger partial charge is 0.146 e. The zero-order valence-corrected chi connectivity index (χ0v) is 9.81. The Balaban J connectivity index is 3.29. The highest BCUT2D eigenvalue weighted by Gasteiger charge is 2.30. The maximum absolute atomic E-state index is 13.6. The number of rotatable bonds is 3. The van der Waals surface area contributed by atoms with E-state index in [1.165, 1.54) is 13.0 Å². The van der Waals surface area contributed by atoms with Crippen LogP contribution in [0.3, 0.4) is 0 Å². The van der Waals surface area contributed by atoms with Gasteiger partial charge in [-0.05, 0) is 48.0 Å². The van der Waals surface area contributed by atoms with Gasteiger partial charge in [0.1, 0.15) is 11.6 Å². The minimum atomic E-state index is -1.59. The molecule has 0 saturated heterocycles. The Morgan fingerprint density at radius 3 is 2.60 bits per heavy atom. The molecular formula is C10H12BrF2NO. The number of aliphatic hydroxyl groups is 1. The Morgan fingerprint density at radius 2 is 2.07 bits per heavy atom. The monoisotopic (exact) mass is 279 g/mol. The molecule has 0 amide bonds. The second kappa shape index (κ2) is 4.55. The van der Waals surface area contributed by atoms with Gasteiger partial charge in [0.2, 0.25) is 0 Å². The summed E-state index contributed by atoms with van der Waals surface area (Å²) in [5.41, 5.74) is 3.34. The Kier molecular flexibility index (Phi) is 3.81. The fraction of sp³-hybridized carbons (Fsp3) is 0.400. The standard InChI is InChI=1S/C10H12BrF2NO/c1-10(15,4-5-14)8-7(12)3-2-6(11)9(8)13/h2-3,15H,4-5,14H2,1H3. The van der Waals surface area contributed by atoms with E-state index < -0.39 is 17.2 Å². The summed E-state index contributed by atoms with van der Waals surface area (Å²) in [5.74, 6) is -1.55. The molecule has 3 N–H and O–H groups in total. The molecule has 2 nitrogen and oxygen atoms in total. The van der Waals surface area contributed by atoms with Crippen molar-refractivity contribution < 1.29 is 13.9 Å². The Morgan fingerprint density at radius 1 is 1.47 bits per heavy atom. The lowest BCUT2D eigenvalue weighted by Gasteiger charge is -2.24. The molecule has 5 heteroatoms. The zero-order valence-electron chi connectivity index (χ0n) is 8.23. The molecule has 0 heterocycles. The minimum Gasteiger partial charge on any atom is -0.385 e. The first-order valence-electron chi connectivity index (χ1n) is 4.46. The van der Waals surface area contributed by atoms with E-state index >= 15 is 0 Å². The van der Waals surface area contributed by atoms with Gasteiger partial charge < -0.3 is 10.8 Å². The molecular weight excluding hydrogens is 268 g/mol. The number of hydrogen-bond acceptors (Lipinski definition) is 2. The quantitative estimate of drug-likeness (QED) is 0.834. The summed E-state index contributed by atoms with van der Waals surface area (Å²) in [6.45, 7) is 1.49. The van der Waals surface area contributed by atoms with Crippen molar-refractivity contribution in [2.45, 2.75) is 18.9 Å². The third kappa shape index (κ3) is 2.53. The molecule has 0 spiro atoms. The molecule has 1 atom stereocenters. The highest BCUT2D eigenvalue weighted by Crippen LogP contribution is 2.32. The van der Waals surface area contributed by atoms with E-state index in [1.807, 2.05) is 0 Å². The molecule has 0 radical (unpaired) electrons. The molecule has 84 valence electrons. The van der Waals surface area contributed by atoms with E-state index in [9.17, 15) is 13.9 Å². The van der Waals surface area contributed by atoms with E-state index in [2.05, 4.69) is 15.9 Å². The van der Waals surface area contributed by atoms with Crippen molar-refractivity contribution in [2.24, 2.45) is 5.73 Å². The molecule has 0 fully saturated rings. The van der Waals surface area contributed by atoms with Crippen molar-refractivity contribution in [2.75, 3.05) is 6.54 Å². The van der Waals surface area contributed by atoms with Crippen molar-refractivity contribution in [1.29, 1.82) is 0 Å². The third-order valence-electron chi connectivity index (χ3n) is 2.21. The van der Waals surface area contributed by atoms with E-state index in [-0.39, 0.29) is 23.0 Å². The summed E-state index contributed by atoms with van der Waals surface area (Å²) < 4.78 is 27.1. The number of hydrogen-bond donors (Lipinski definition) is 2. The molecule has 0 aliphatic carbocycles. The molecule has 15 heavy (non-hydrogen) atoms. The maximum Gasteiger partial charge on any atom is 0.146 e. The largest absolute Gasteiger partial charge is 0.385 e. The first-order valence-corrected chi connectivity index (χ1v) is 5.26. The Labute approximate surface area is 95.2 Å². The van der Waals surface area contributed by atoms with Crippen LogP contribution in [-0.4, -0.2) is 11.7 Å². The van der Waals surface area contributed by atoms with Gasteiger partial charge in [0.25, 0.3) is 0 Å². The molecule has 0 bridgehead atoms. The zero-order chi connectivity index (χ0) is 11.6. The molecule has 0 aliphatic rings. The van der Waals surface area contributed by atoms with Gasteiger partial charge in [0.05, 0.1) is 15.6 Å². The highest BCUT2D eigenvalue weighted by atomic mass is 79.9. The Bertz CT molecular complexity index is 369. The van der Waals surface area contributed by atoms with E-state index in [4.69, 9.17) is 5.73 Å². The van der Waals surface area contributed by atoms with Crippen LogP contribution in [0.5, 0.6) is 0 Å². The minimum absolute atomic E-state index is 0.0945. The number of nitrogens with two attached hydrogens (primary N) is 1. The molecule has 1 unspecified atom stereocenters. The van der Waals surface area contributed by atoms with Crippen LogP contribution in [0.2, 0.25) is 0 Å². The molecule has 0 aromatic heterocycles. The van der Waals surface area contributed by atoms with Crippen LogP contribution >= 0.6 is 15.9 Å². The van der Waals surface area contributed by atoms with Crippen molar-refractivity contribution in [1.82, 2.24) is 0 Å². The van der Waals surface area contributed by atoms with Gasteiger partial charge in [-0.2, -0.15) is 0 Å². The second-order valence-electron chi connectivity index (χ2n) is 3.53. The molecule has 0 aliphatic heterocycles. The fourth-order valence-electron chi connectivity index (χ4n) is 1.43. The van der Waals surface area contributed by atoms with E-state index in [1.54, 1.807) is 0 Å². The summed E-state index contributed by atoms with van der Waals surface area (Å²) in [6.07, 6.45) is 0.0945. The highest BCUT2D eigenvalue weighted by molar-refractivity contribution is 9.10. The van der Waals surface area contributed by atoms with Crippen molar-refractivity contribution in [3.05, 3.63) is 33.8 Å². The van der Waals surface area contributed by atoms with Crippen LogP contribution in [-0.2, 0) is 5.60 Å². The van der Waals surface area contributed by atoms with Gasteiger partial charge in [0.15, 0.2) is 0 Å². The normalized spacial score (nSPS) is 15.1. The number of halogens is 3. The Hall–Kier alpha value is -0.520. The molecule has 1 rings (SSSR count). The predicted octanol–water partition coefficient (Wildman–Crippen LogP) is 2.28. The average molecular weight is 280 g/mol. The van der Waals surface area contributed by atoms with Gasteiger partial charge in [0, 0.05) is 0 Å². The summed E-state index contributed by atoms with van der Waals surface area (Å²) in [6, 6.07) is 2.36. The SMILES string of the molecule is CC(O)(CCN)c1c(F)ccc(Br)c1F. The molecule has 1 aromatic rings. The maximum atomic E-state index is 13.6. The lowest BCUT2D eigenvalue weighted by molar-refractivity contribution is 0.0426. The van der Waals surface area contributed by atoms with Crippen LogP contribution in [0, 0.1) is 11.6 Å². The van der Waals surface area contributed by atoms with E-state index in [0.717, 1.165) is 6.07 Å². The summed E-state index contributed by atoms with van der Waals surface area (Å²) in [5, 5.41) is 9.89. The van der Waals surface area contributed by atoms with Crippen molar-refractivity contribution in [3.63, 3.8) is 0 Å². The fourth-order valence-corrected chi connectivity index (χ4v) is 1.76. The van der Waals surface area contributed by atoms with Crippen LogP contribution < -0.4 is 5.73 Å². The summed E-state index contributed by atoms with van der Waals surface area (Å²) >= 11 is 2.94. The average Bonchev–Trinajstić information content (AvgIpc) is 2.11. The van der Waals surface area contributed by atoms with Gasteiger partial charge >= 0.3 is 0 Å². The van der Waals surface area contributed by atoms with Gasteiger partial charge in [-0.1, -0.05) is 0 Å². The van der Waals surface area contributed by atoms with Crippen molar-refractivity contribution in [3.8, 4) is 0 Å². The second-order valence-corrected chi connectivity index (χ2v) is 4.39. The van der Waals surface area contributed by atoms with Crippen LogP contribution in [0.15, 0.2) is 16.6 Å². The number of benzene rings is 1.